The summed E-state index contributed by atoms with van der Waals surface area (Å²) in [6.45, 7) is 0. The lowest BCUT2D eigenvalue weighted by Gasteiger charge is -2.18. The van der Waals surface area contributed by atoms with Crippen LogP contribution >= 0.6 is 27.5 Å². The number of methoxy groups -OCH3 is 1. The normalized spacial score (nSPS) is 14.7. The second kappa shape index (κ2) is 5.70. The Morgan fingerprint density at radius 3 is 2.67 bits per heavy atom. The first-order valence-corrected chi connectivity index (χ1v) is 5.68. The van der Waals surface area contributed by atoms with Crippen LogP contribution in [0.15, 0.2) is 22.7 Å². The minimum atomic E-state index is -1.04. The molecule has 0 aliphatic heterocycles. The molecule has 3 nitrogen and oxygen atoms in total. The van der Waals surface area contributed by atoms with E-state index in [2.05, 4.69) is 15.9 Å². The van der Waals surface area contributed by atoms with Crippen LogP contribution in [0.25, 0.3) is 0 Å². The van der Waals surface area contributed by atoms with Gasteiger partial charge in [-0.15, -0.1) is 11.6 Å². The largest absolute Gasteiger partial charge is 0.496 e. The third-order valence-corrected chi connectivity index (χ3v) is 2.85. The maximum Gasteiger partial charge on any atom is 0.125 e. The Labute approximate surface area is 102 Å². The molecule has 0 spiro atoms. The maximum absolute atomic E-state index is 9.76. The van der Waals surface area contributed by atoms with E-state index in [-0.39, 0.29) is 5.88 Å². The highest BCUT2D eigenvalue weighted by atomic mass is 79.9. The van der Waals surface area contributed by atoms with Gasteiger partial charge in [-0.3, -0.25) is 0 Å². The minimum absolute atomic E-state index is 0.0274. The molecule has 84 valence electrons. The van der Waals surface area contributed by atoms with Crippen molar-refractivity contribution < 1.29 is 14.9 Å². The van der Waals surface area contributed by atoms with Crippen molar-refractivity contribution in [2.75, 3.05) is 13.0 Å². The van der Waals surface area contributed by atoms with Crippen LogP contribution in [0, 0.1) is 0 Å². The van der Waals surface area contributed by atoms with Crippen molar-refractivity contribution in [3.8, 4) is 5.75 Å². The van der Waals surface area contributed by atoms with Crippen LogP contribution in [-0.2, 0) is 0 Å². The van der Waals surface area contributed by atoms with Gasteiger partial charge < -0.3 is 14.9 Å². The molecule has 1 rings (SSSR count). The van der Waals surface area contributed by atoms with Gasteiger partial charge in [-0.25, -0.2) is 0 Å². The zero-order valence-electron chi connectivity index (χ0n) is 8.15. The lowest BCUT2D eigenvalue weighted by molar-refractivity contribution is 0.0312. The second-order valence-corrected chi connectivity index (χ2v) is 4.28. The van der Waals surface area contributed by atoms with Gasteiger partial charge in [-0.2, -0.15) is 0 Å². The number of halogens is 2. The van der Waals surface area contributed by atoms with Crippen LogP contribution in [-0.4, -0.2) is 29.3 Å². The monoisotopic (exact) mass is 294 g/mol. The smallest absolute Gasteiger partial charge is 0.125 e. The summed E-state index contributed by atoms with van der Waals surface area (Å²) in [5, 5.41) is 19.2. The van der Waals surface area contributed by atoms with Crippen LogP contribution in [0.5, 0.6) is 5.75 Å². The fourth-order valence-electron chi connectivity index (χ4n) is 1.22. The average molecular weight is 296 g/mol. The molecule has 0 aliphatic carbocycles. The van der Waals surface area contributed by atoms with E-state index < -0.39 is 12.2 Å². The summed E-state index contributed by atoms with van der Waals surface area (Å²) in [6.07, 6.45) is -2.03. The molecular formula is C10H12BrClO3. The minimum Gasteiger partial charge on any atom is -0.496 e. The average Bonchev–Trinajstić information content (AvgIpc) is 2.26. The Morgan fingerprint density at radius 2 is 2.13 bits per heavy atom. The van der Waals surface area contributed by atoms with Crippen LogP contribution in [0.3, 0.4) is 0 Å². The molecule has 0 saturated carbocycles. The van der Waals surface area contributed by atoms with Crippen molar-refractivity contribution >= 4 is 27.5 Å². The van der Waals surface area contributed by atoms with Gasteiger partial charge in [0.05, 0.1) is 19.1 Å². The topological polar surface area (TPSA) is 49.7 Å². The first kappa shape index (κ1) is 12.8. The molecule has 0 radical (unpaired) electrons. The van der Waals surface area contributed by atoms with Crippen LogP contribution in [0.4, 0.5) is 0 Å². The van der Waals surface area contributed by atoms with E-state index in [1.165, 1.54) is 7.11 Å². The number of alkyl halides is 1. The van der Waals surface area contributed by atoms with Gasteiger partial charge in [-0.1, -0.05) is 22.0 Å². The van der Waals surface area contributed by atoms with Gasteiger partial charge in [0.25, 0.3) is 0 Å². The molecule has 0 fully saturated rings. The summed E-state index contributed by atoms with van der Waals surface area (Å²) < 4.78 is 5.94. The number of hydrogen-bond donors (Lipinski definition) is 2. The summed E-state index contributed by atoms with van der Waals surface area (Å²) in [5.74, 6) is 0.487. The molecule has 2 N–H and O–H groups in total. The molecular weight excluding hydrogens is 283 g/mol. The molecule has 2 atom stereocenters. The Kier molecular flexibility index (Phi) is 4.86. The number of aliphatic hydroxyl groups is 2. The summed E-state index contributed by atoms with van der Waals surface area (Å²) >= 11 is 8.75. The van der Waals surface area contributed by atoms with Gasteiger partial charge in [0.2, 0.25) is 0 Å². The van der Waals surface area contributed by atoms with E-state index in [1.807, 2.05) is 0 Å². The van der Waals surface area contributed by atoms with Crippen LogP contribution in [0.1, 0.15) is 11.7 Å². The highest BCUT2D eigenvalue weighted by Gasteiger charge is 2.20. The summed E-state index contributed by atoms with van der Waals surface area (Å²) in [6, 6.07) is 5.17. The van der Waals surface area contributed by atoms with Crippen molar-refractivity contribution in [1.82, 2.24) is 0 Å². The Balaban J connectivity index is 3.02. The zero-order valence-corrected chi connectivity index (χ0v) is 10.5. The predicted octanol–water partition coefficient (Wildman–Crippen LogP) is 2.09. The summed E-state index contributed by atoms with van der Waals surface area (Å²) in [4.78, 5) is 0. The predicted molar refractivity (Wildman–Crippen MR) is 62.4 cm³/mol. The van der Waals surface area contributed by atoms with Crippen molar-refractivity contribution in [2.24, 2.45) is 0 Å². The summed E-state index contributed by atoms with van der Waals surface area (Å²) in [5.41, 5.74) is 0.522. The number of hydrogen-bond acceptors (Lipinski definition) is 3. The third-order valence-electron chi connectivity index (χ3n) is 2.04. The van der Waals surface area contributed by atoms with Crippen LogP contribution in [0.2, 0.25) is 0 Å². The van der Waals surface area contributed by atoms with E-state index in [1.54, 1.807) is 18.2 Å². The Morgan fingerprint density at radius 1 is 1.47 bits per heavy atom. The molecule has 1 aromatic carbocycles. The Hall–Kier alpha value is -0.290. The van der Waals surface area contributed by atoms with E-state index >= 15 is 0 Å². The standard InChI is InChI=1S/C10H12BrClO3/c1-15-9-4-6(11)2-3-7(9)10(14)8(13)5-12/h2-4,8,10,13-14H,5H2,1H3. The lowest BCUT2D eigenvalue weighted by Crippen LogP contribution is -2.20. The second-order valence-electron chi connectivity index (χ2n) is 3.05. The van der Waals surface area contributed by atoms with Crippen molar-refractivity contribution in [2.45, 2.75) is 12.2 Å². The van der Waals surface area contributed by atoms with Gasteiger partial charge in [0, 0.05) is 10.0 Å². The molecule has 15 heavy (non-hydrogen) atoms. The molecule has 0 aromatic heterocycles. The van der Waals surface area contributed by atoms with Crippen molar-refractivity contribution in [1.29, 1.82) is 0 Å². The first-order chi connectivity index (χ1) is 7.10. The fraction of sp³-hybridized carbons (Fsp3) is 0.400. The van der Waals surface area contributed by atoms with E-state index in [0.29, 0.717) is 11.3 Å². The molecule has 1 aromatic rings. The third kappa shape index (κ3) is 3.08. The zero-order chi connectivity index (χ0) is 11.4. The van der Waals surface area contributed by atoms with Crippen molar-refractivity contribution in [3.63, 3.8) is 0 Å². The molecule has 0 heterocycles. The Bertz CT molecular complexity index is 332. The van der Waals surface area contributed by atoms with E-state index in [4.69, 9.17) is 16.3 Å². The molecule has 0 bridgehead atoms. The number of benzene rings is 1. The van der Waals surface area contributed by atoms with Gasteiger partial charge in [-0.05, 0) is 12.1 Å². The van der Waals surface area contributed by atoms with Gasteiger partial charge in [0.1, 0.15) is 11.9 Å². The molecule has 0 amide bonds. The number of ether oxygens (including phenoxy) is 1. The lowest BCUT2D eigenvalue weighted by atomic mass is 10.0. The molecule has 0 aliphatic rings. The van der Waals surface area contributed by atoms with Gasteiger partial charge >= 0.3 is 0 Å². The quantitative estimate of drug-likeness (QED) is 0.836. The molecule has 0 saturated heterocycles. The number of rotatable bonds is 4. The van der Waals surface area contributed by atoms with Crippen molar-refractivity contribution in [3.05, 3.63) is 28.2 Å². The van der Waals surface area contributed by atoms with Gasteiger partial charge in [0.15, 0.2) is 0 Å². The molecule has 2 unspecified atom stereocenters. The highest BCUT2D eigenvalue weighted by Crippen LogP contribution is 2.30. The SMILES string of the molecule is COc1cc(Br)ccc1C(O)C(O)CCl. The first-order valence-electron chi connectivity index (χ1n) is 4.35. The number of aliphatic hydroxyl groups excluding tert-OH is 2. The fourth-order valence-corrected chi connectivity index (χ4v) is 1.73. The van der Waals surface area contributed by atoms with Crippen LogP contribution < -0.4 is 4.74 Å². The van der Waals surface area contributed by atoms with E-state index in [0.717, 1.165) is 4.47 Å². The maximum atomic E-state index is 9.76. The summed E-state index contributed by atoms with van der Waals surface area (Å²) in [7, 11) is 1.51. The van der Waals surface area contributed by atoms with E-state index in [9.17, 15) is 10.2 Å². The highest BCUT2D eigenvalue weighted by molar-refractivity contribution is 9.10. The molecule has 5 heteroatoms.